The zero-order chi connectivity index (χ0) is 20.3. The number of benzene rings is 2. The van der Waals surface area contributed by atoms with E-state index < -0.39 is 0 Å². The quantitative estimate of drug-likeness (QED) is 0.528. The molecule has 0 atom stereocenters. The van der Waals surface area contributed by atoms with Gasteiger partial charge in [0.25, 0.3) is 5.91 Å². The van der Waals surface area contributed by atoms with Gasteiger partial charge < -0.3 is 15.2 Å². The fourth-order valence-electron chi connectivity index (χ4n) is 4.18. The van der Waals surface area contributed by atoms with Crippen molar-refractivity contribution in [1.82, 2.24) is 15.2 Å². The third-order valence-corrected chi connectivity index (χ3v) is 5.79. The zero-order valence-electron chi connectivity index (χ0n) is 16.6. The molecule has 1 aliphatic rings. The zero-order valence-corrected chi connectivity index (χ0v) is 16.6. The minimum absolute atomic E-state index is 0.252. The molecule has 6 heteroatoms. The van der Waals surface area contributed by atoms with Gasteiger partial charge in [0.15, 0.2) is 11.5 Å². The number of aromatic amines is 1. The van der Waals surface area contributed by atoms with Crippen LogP contribution in [0.25, 0.3) is 10.9 Å². The first-order valence-corrected chi connectivity index (χ1v) is 10.3. The number of nitrogens with one attached hydrogen (secondary N) is 2. The van der Waals surface area contributed by atoms with Crippen LogP contribution >= 0.6 is 0 Å². The van der Waals surface area contributed by atoms with Crippen molar-refractivity contribution in [2.24, 2.45) is 0 Å². The number of amides is 1. The number of fused-ring (bicyclic) bond motifs is 1. The van der Waals surface area contributed by atoms with Gasteiger partial charge in [0.1, 0.15) is 0 Å². The highest BCUT2D eigenvalue weighted by Crippen LogP contribution is 2.34. The van der Waals surface area contributed by atoms with E-state index in [4.69, 9.17) is 0 Å². The Hall–Kier alpha value is -3.67. The highest BCUT2D eigenvalue weighted by molar-refractivity contribution is 6.02. The number of anilines is 2. The summed E-state index contributed by atoms with van der Waals surface area (Å²) >= 11 is 0. The molecule has 2 N–H and O–H groups in total. The second-order valence-electron chi connectivity index (χ2n) is 7.65. The first-order valence-electron chi connectivity index (χ1n) is 10.3. The molecular formula is C24H23N5O. The Morgan fingerprint density at radius 3 is 2.47 bits per heavy atom. The van der Waals surface area contributed by atoms with E-state index in [0.717, 1.165) is 37.4 Å². The van der Waals surface area contributed by atoms with Gasteiger partial charge in [-0.2, -0.15) is 0 Å². The Morgan fingerprint density at radius 1 is 0.933 bits per heavy atom. The van der Waals surface area contributed by atoms with Crippen LogP contribution in [0.3, 0.4) is 0 Å². The van der Waals surface area contributed by atoms with Crippen molar-refractivity contribution in [3.8, 4) is 0 Å². The maximum Gasteiger partial charge on any atom is 0.276 e. The van der Waals surface area contributed by atoms with E-state index in [1.165, 1.54) is 16.5 Å². The summed E-state index contributed by atoms with van der Waals surface area (Å²) in [6.45, 7) is 1.85. The van der Waals surface area contributed by atoms with E-state index in [-0.39, 0.29) is 5.91 Å². The number of para-hydroxylation sites is 2. The summed E-state index contributed by atoms with van der Waals surface area (Å²) in [5.74, 6) is 1.11. The summed E-state index contributed by atoms with van der Waals surface area (Å²) in [6.07, 6.45) is 4.30. The number of piperidine rings is 1. The Kier molecular flexibility index (Phi) is 4.89. The van der Waals surface area contributed by atoms with Crippen LogP contribution in [0.15, 0.2) is 72.9 Å². The lowest BCUT2D eigenvalue weighted by atomic mass is 9.89. The molecule has 0 spiro atoms. The lowest BCUT2D eigenvalue weighted by Crippen LogP contribution is -2.33. The second kappa shape index (κ2) is 7.99. The van der Waals surface area contributed by atoms with E-state index in [1.807, 2.05) is 36.4 Å². The van der Waals surface area contributed by atoms with Crippen LogP contribution in [0, 0.1) is 0 Å². The van der Waals surface area contributed by atoms with Gasteiger partial charge in [-0.25, -0.2) is 0 Å². The molecular weight excluding hydrogens is 374 g/mol. The molecule has 1 fully saturated rings. The Balaban J connectivity index is 1.23. The smallest absolute Gasteiger partial charge is 0.276 e. The average molecular weight is 397 g/mol. The van der Waals surface area contributed by atoms with E-state index in [0.29, 0.717) is 11.6 Å². The molecule has 150 valence electrons. The van der Waals surface area contributed by atoms with Gasteiger partial charge in [-0.3, -0.25) is 4.79 Å². The summed E-state index contributed by atoms with van der Waals surface area (Å²) < 4.78 is 0. The Bertz CT molecular complexity index is 1150. The van der Waals surface area contributed by atoms with Crippen LogP contribution in [0.4, 0.5) is 11.5 Å². The van der Waals surface area contributed by atoms with Crippen LogP contribution in [-0.4, -0.2) is 34.2 Å². The van der Waals surface area contributed by atoms with E-state index >= 15 is 0 Å². The number of hydrogen-bond acceptors (Lipinski definition) is 4. The lowest BCUT2D eigenvalue weighted by Gasteiger charge is -2.32. The summed E-state index contributed by atoms with van der Waals surface area (Å²) in [7, 11) is 0. The standard InChI is InChI=1S/C24H23N5O/c30-24(26-18-6-2-1-3-7-18)22-10-11-23(28-27-22)29-14-12-17(13-15-29)20-16-25-21-9-5-4-8-19(20)21/h1-11,16-17,25H,12-15H2,(H,26,30). The maximum absolute atomic E-state index is 12.4. The molecule has 5 rings (SSSR count). The summed E-state index contributed by atoms with van der Waals surface area (Å²) in [4.78, 5) is 18.0. The summed E-state index contributed by atoms with van der Waals surface area (Å²) in [5.41, 5.74) is 3.67. The minimum atomic E-state index is -0.252. The normalized spacial score (nSPS) is 14.7. The number of carbonyl (C=O) groups excluding carboxylic acids is 1. The first-order chi connectivity index (χ1) is 14.8. The van der Waals surface area contributed by atoms with E-state index in [1.54, 1.807) is 6.07 Å². The molecule has 0 unspecified atom stereocenters. The monoisotopic (exact) mass is 397 g/mol. The molecule has 1 amide bonds. The van der Waals surface area contributed by atoms with Crippen LogP contribution in [0.1, 0.15) is 34.8 Å². The fraction of sp³-hybridized carbons (Fsp3) is 0.208. The summed E-state index contributed by atoms with van der Waals surface area (Å²) in [5, 5.41) is 12.6. The average Bonchev–Trinajstić information content (AvgIpc) is 3.24. The molecule has 3 heterocycles. The van der Waals surface area contributed by atoms with Crippen LogP contribution in [0.5, 0.6) is 0 Å². The van der Waals surface area contributed by atoms with Crippen molar-refractivity contribution in [3.05, 3.63) is 84.2 Å². The molecule has 30 heavy (non-hydrogen) atoms. The minimum Gasteiger partial charge on any atom is -0.361 e. The van der Waals surface area contributed by atoms with Crippen molar-refractivity contribution in [3.63, 3.8) is 0 Å². The highest BCUT2D eigenvalue weighted by Gasteiger charge is 2.24. The van der Waals surface area contributed by atoms with Crippen molar-refractivity contribution < 1.29 is 4.79 Å². The van der Waals surface area contributed by atoms with Crippen molar-refractivity contribution >= 4 is 28.3 Å². The van der Waals surface area contributed by atoms with Gasteiger partial charge >= 0.3 is 0 Å². The van der Waals surface area contributed by atoms with E-state index in [9.17, 15) is 4.79 Å². The predicted octanol–water partition coefficient (Wildman–Crippen LogP) is 4.59. The van der Waals surface area contributed by atoms with Crippen molar-refractivity contribution in [2.45, 2.75) is 18.8 Å². The maximum atomic E-state index is 12.4. The highest BCUT2D eigenvalue weighted by atomic mass is 16.1. The first kappa shape index (κ1) is 18.4. The largest absolute Gasteiger partial charge is 0.361 e. The number of carbonyl (C=O) groups is 1. The van der Waals surface area contributed by atoms with Crippen LogP contribution < -0.4 is 10.2 Å². The topological polar surface area (TPSA) is 73.9 Å². The van der Waals surface area contributed by atoms with Crippen molar-refractivity contribution in [1.29, 1.82) is 0 Å². The van der Waals surface area contributed by atoms with Gasteiger partial charge in [0.05, 0.1) is 0 Å². The molecule has 0 bridgehead atoms. The van der Waals surface area contributed by atoms with Gasteiger partial charge in [-0.05, 0) is 54.7 Å². The van der Waals surface area contributed by atoms with Crippen LogP contribution in [-0.2, 0) is 0 Å². The molecule has 4 aromatic rings. The van der Waals surface area contributed by atoms with Gasteiger partial charge in [-0.1, -0.05) is 36.4 Å². The van der Waals surface area contributed by atoms with Crippen molar-refractivity contribution in [2.75, 3.05) is 23.3 Å². The molecule has 6 nitrogen and oxygen atoms in total. The SMILES string of the molecule is O=C(Nc1ccccc1)c1ccc(N2CCC(c3c[nH]c4ccccc34)CC2)nn1. The third kappa shape index (κ3) is 3.64. The molecule has 0 aliphatic carbocycles. The molecule has 0 saturated carbocycles. The molecule has 1 aliphatic heterocycles. The molecule has 2 aromatic carbocycles. The summed E-state index contributed by atoms with van der Waals surface area (Å²) in [6, 6.07) is 21.5. The van der Waals surface area contributed by atoms with E-state index in [2.05, 4.69) is 55.9 Å². The number of aromatic nitrogens is 3. The third-order valence-electron chi connectivity index (χ3n) is 5.79. The number of nitrogens with zero attached hydrogens (tertiary/aromatic N) is 3. The Morgan fingerprint density at radius 2 is 1.70 bits per heavy atom. The predicted molar refractivity (Wildman–Crippen MR) is 119 cm³/mol. The molecule has 0 radical (unpaired) electrons. The molecule has 1 saturated heterocycles. The van der Waals surface area contributed by atoms with Crippen LogP contribution in [0.2, 0.25) is 0 Å². The fourth-order valence-corrected chi connectivity index (χ4v) is 4.18. The number of rotatable bonds is 4. The lowest BCUT2D eigenvalue weighted by molar-refractivity contribution is 0.102. The van der Waals surface area contributed by atoms with Gasteiger partial charge in [-0.15, -0.1) is 10.2 Å². The Labute approximate surface area is 174 Å². The number of hydrogen-bond donors (Lipinski definition) is 2. The van der Waals surface area contributed by atoms with Gasteiger partial charge in [0.2, 0.25) is 0 Å². The number of H-pyrrole nitrogens is 1. The van der Waals surface area contributed by atoms with Gasteiger partial charge in [0, 0.05) is 35.9 Å². The second-order valence-corrected chi connectivity index (χ2v) is 7.65. The molecule has 2 aromatic heterocycles.